The minimum absolute atomic E-state index is 0.707. The first-order valence-corrected chi connectivity index (χ1v) is 4.55. The maximum absolute atomic E-state index is 4.22. The van der Waals surface area contributed by atoms with E-state index < -0.39 is 0 Å². The van der Waals surface area contributed by atoms with E-state index in [0.29, 0.717) is 10.4 Å². The van der Waals surface area contributed by atoms with Crippen molar-refractivity contribution in [1.82, 2.24) is 19.7 Å². The van der Waals surface area contributed by atoms with Crippen molar-refractivity contribution >= 4 is 15.9 Å². The van der Waals surface area contributed by atoms with E-state index in [1.165, 1.54) is 0 Å². The monoisotopic (exact) mass is 238 g/mol. The van der Waals surface area contributed by atoms with Gasteiger partial charge in [0.05, 0.1) is 18.1 Å². The first kappa shape index (κ1) is 8.37. The van der Waals surface area contributed by atoms with Gasteiger partial charge in [-0.25, -0.2) is 9.67 Å². The number of halogens is 1. The molecule has 0 aliphatic carbocycles. The molecule has 0 saturated heterocycles. The molecule has 0 N–H and O–H groups in total. The van der Waals surface area contributed by atoms with E-state index in [2.05, 4.69) is 31.0 Å². The Balaban J connectivity index is 2.46. The van der Waals surface area contributed by atoms with Gasteiger partial charge in [0.2, 0.25) is 0 Å². The molecule has 0 unspecified atom stereocenters. The third-order valence-electron chi connectivity index (χ3n) is 1.55. The maximum Gasteiger partial charge on any atom is 0.172 e. The van der Waals surface area contributed by atoms with Crippen molar-refractivity contribution in [3.8, 4) is 5.82 Å². The Bertz CT molecular complexity index is 424. The molecule has 4 nitrogen and oxygen atoms in total. The number of aryl methyl sites for hydroxylation is 1. The molecule has 2 aromatic rings. The largest absolute Gasteiger partial charge is 0.258 e. The number of rotatable bonds is 1. The van der Waals surface area contributed by atoms with Crippen molar-refractivity contribution in [2.75, 3.05) is 0 Å². The minimum Gasteiger partial charge on any atom is -0.258 e. The molecule has 2 aromatic heterocycles. The average molecular weight is 239 g/mol. The molecule has 13 heavy (non-hydrogen) atoms. The third-order valence-corrected chi connectivity index (χ3v) is 1.93. The molecule has 0 radical (unpaired) electrons. The molecule has 2 rings (SSSR count). The van der Waals surface area contributed by atoms with Gasteiger partial charge in [0.1, 0.15) is 4.60 Å². The van der Waals surface area contributed by atoms with Crippen molar-refractivity contribution in [3.05, 3.63) is 35.0 Å². The van der Waals surface area contributed by atoms with Crippen molar-refractivity contribution in [3.63, 3.8) is 0 Å². The molecule has 0 saturated carbocycles. The van der Waals surface area contributed by atoms with Crippen LogP contribution in [0.3, 0.4) is 0 Å². The van der Waals surface area contributed by atoms with Gasteiger partial charge in [-0.05, 0) is 28.9 Å². The van der Waals surface area contributed by atoms with Gasteiger partial charge in [0.15, 0.2) is 5.82 Å². The second-order valence-corrected chi connectivity index (χ2v) is 3.41. The fraction of sp³-hybridized carbons (Fsp3) is 0.125. The molecule has 0 fully saturated rings. The molecule has 0 atom stereocenters. The highest BCUT2D eigenvalue weighted by Gasteiger charge is 1.99. The first-order valence-electron chi connectivity index (χ1n) is 3.76. The lowest BCUT2D eigenvalue weighted by Crippen LogP contribution is -1.99. The number of nitrogens with zero attached hydrogens (tertiary/aromatic N) is 4. The Morgan fingerprint density at radius 3 is 2.85 bits per heavy atom. The number of hydrogen-bond donors (Lipinski definition) is 0. The summed E-state index contributed by atoms with van der Waals surface area (Å²) in [6.45, 7) is 1.93. The van der Waals surface area contributed by atoms with E-state index in [4.69, 9.17) is 0 Å². The van der Waals surface area contributed by atoms with Crippen LogP contribution in [0.25, 0.3) is 5.82 Å². The van der Waals surface area contributed by atoms with Crippen LogP contribution in [0, 0.1) is 6.92 Å². The van der Waals surface area contributed by atoms with E-state index in [9.17, 15) is 0 Å². The fourth-order valence-corrected chi connectivity index (χ4v) is 1.29. The molecular weight excluding hydrogens is 232 g/mol. The van der Waals surface area contributed by atoms with Gasteiger partial charge >= 0.3 is 0 Å². The van der Waals surface area contributed by atoms with Crippen LogP contribution >= 0.6 is 15.9 Å². The summed E-state index contributed by atoms with van der Waals surface area (Å²) in [7, 11) is 0. The summed E-state index contributed by atoms with van der Waals surface area (Å²) in [5, 5.41) is 4.22. The minimum atomic E-state index is 0.707. The lowest BCUT2D eigenvalue weighted by Gasteiger charge is -1.98. The van der Waals surface area contributed by atoms with Gasteiger partial charge in [-0.3, -0.25) is 4.98 Å². The smallest absolute Gasteiger partial charge is 0.172 e. The Hall–Kier alpha value is -1.23. The highest BCUT2D eigenvalue weighted by Crippen LogP contribution is 2.07. The van der Waals surface area contributed by atoms with Crippen LogP contribution in [0.4, 0.5) is 0 Å². The van der Waals surface area contributed by atoms with E-state index in [-0.39, 0.29) is 0 Å². The van der Waals surface area contributed by atoms with Gasteiger partial charge in [0.25, 0.3) is 0 Å². The van der Waals surface area contributed by atoms with E-state index in [1.807, 2.05) is 19.2 Å². The SMILES string of the molecule is Cc1ccn(-c2cncc(Br)n2)n1. The summed E-state index contributed by atoms with van der Waals surface area (Å²) in [6, 6.07) is 1.92. The maximum atomic E-state index is 4.22. The van der Waals surface area contributed by atoms with Crippen molar-refractivity contribution in [1.29, 1.82) is 0 Å². The molecule has 66 valence electrons. The zero-order valence-electron chi connectivity index (χ0n) is 6.98. The zero-order valence-corrected chi connectivity index (χ0v) is 8.56. The van der Waals surface area contributed by atoms with Crippen LogP contribution in [0.5, 0.6) is 0 Å². The third kappa shape index (κ3) is 1.75. The van der Waals surface area contributed by atoms with Gasteiger partial charge in [-0.15, -0.1) is 0 Å². The van der Waals surface area contributed by atoms with Crippen LogP contribution < -0.4 is 0 Å². The second-order valence-electron chi connectivity index (χ2n) is 2.60. The molecule has 0 amide bonds. The summed E-state index contributed by atoms with van der Waals surface area (Å²) < 4.78 is 2.39. The molecule has 5 heteroatoms. The van der Waals surface area contributed by atoms with Crippen LogP contribution in [-0.4, -0.2) is 19.7 Å². The lowest BCUT2D eigenvalue weighted by atomic mass is 10.5. The van der Waals surface area contributed by atoms with Crippen LogP contribution in [-0.2, 0) is 0 Å². The normalized spacial score (nSPS) is 10.3. The lowest BCUT2D eigenvalue weighted by molar-refractivity contribution is 0.820. The van der Waals surface area contributed by atoms with E-state index in [0.717, 1.165) is 5.69 Å². The second kappa shape index (κ2) is 3.26. The van der Waals surface area contributed by atoms with Crippen molar-refractivity contribution < 1.29 is 0 Å². The zero-order chi connectivity index (χ0) is 9.26. The summed E-state index contributed by atoms with van der Waals surface area (Å²) in [6.07, 6.45) is 5.16. The Morgan fingerprint density at radius 2 is 2.23 bits per heavy atom. The molecular formula is C8H7BrN4. The van der Waals surface area contributed by atoms with Gasteiger partial charge in [0, 0.05) is 6.20 Å². The number of aromatic nitrogens is 4. The highest BCUT2D eigenvalue weighted by molar-refractivity contribution is 9.10. The Labute approximate surface area is 83.8 Å². The molecule has 0 aliphatic heterocycles. The van der Waals surface area contributed by atoms with E-state index >= 15 is 0 Å². The van der Waals surface area contributed by atoms with Gasteiger partial charge < -0.3 is 0 Å². The molecule has 0 bridgehead atoms. The molecule has 2 heterocycles. The summed E-state index contributed by atoms with van der Waals surface area (Å²) in [4.78, 5) is 8.21. The van der Waals surface area contributed by atoms with Crippen LogP contribution in [0.1, 0.15) is 5.69 Å². The fourth-order valence-electron chi connectivity index (χ4n) is 0.986. The van der Waals surface area contributed by atoms with Crippen molar-refractivity contribution in [2.45, 2.75) is 6.92 Å². The topological polar surface area (TPSA) is 43.6 Å². The summed E-state index contributed by atoms with van der Waals surface area (Å²) in [5.74, 6) is 0.711. The molecule has 0 aliphatic rings. The van der Waals surface area contributed by atoms with Crippen LogP contribution in [0.2, 0.25) is 0 Å². The van der Waals surface area contributed by atoms with Gasteiger partial charge in [-0.2, -0.15) is 5.10 Å². The standard InChI is InChI=1S/C8H7BrN4/c1-6-2-3-13(12-6)8-5-10-4-7(9)11-8/h2-5H,1H3. The Kier molecular flexibility index (Phi) is 2.10. The average Bonchev–Trinajstić information content (AvgIpc) is 2.52. The predicted molar refractivity (Wildman–Crippen MR) is 51.6 cm³/mol. The van der Waals surface area contributed by atoms with Crippen LogP contribution in [0.15, 0.2) is 29.3 Å². The quantitative estimate of drug-likeness (QED) is 0.761. The van der Waals surface area contributed by atoms with E-state index in [1.54, 1.807) is 17.1 Å². The Morgan fingerprint density at radius 1 is 1.38 bits per heavy atom. The summed E-state index contributed by atoms with van der Waals surface area (Å²) >= 11 is 3.25. The molecule has 0 aromatic carbocycles. The number of hydrogen-bond acceptors (Lipinski definition) is 3. The summed E-state index contributed by atoms with van der Waals surface area (Å²) in [5.41, 5.74) is 0.960. The predicted octanol–water partition coefficient (Wildman–Crippen LogP) is 1.73. The first-order chi connectivity index (χ1) is 6.25. The van der Waals surface area contributed by atoms with Gasteiger partial charge in [-0.1, -0.05) is 0 Å². The highest BCUT2D eigenvalue weighted by atomic mass is 79.9. The molecule has 0 spiro atoms. The van der Waals surface area contributed by atoms with Crippen molar-refractivity contribution in [2.24, 2.45) is 0 Å².